The normalized spacial score (nSPS) is 12.2. The average Bonchev–Trinajstić information content (AvgIpc) is 2.53. The lowest BCUT2D eigenvalue weighted by atomic mass is 10.1. The molecule has 2 aromatic rings. The molecule has 0 amide bonds. The first-order valence-corrected chi connectivity index (χ1v) is 8.16. The van der Waals surface area contributed by atoms with E-state index in [0.717, 1.165) is 0 Å². The molecule has 0 aliphatic rings. The summed E-state index contributed by atoms with van der Waals surface area (Å²) in [6, 6.07) is 6.95. The number of rotatable bonds is 4. The topological polar surface area (TPSA) is 69.2 Å². The third-order valence-corrected chi connectivity index (χ3v) is 4.54. The van der Waals surface area contributed by atoms with Gasteiger partial charge in [-0.2, -0.15) is 13.2 Å². The van der Waals surface area contributed by atoms with Gasteiger partial charge in [0.1, 0.15) is 11.4 Å². The van der Waals surface area contributed by atoms with Crippen LogP contribution in [0.1, 0.15) is 12.6 Å². The van der Waals surface area contributed by atoms with Gasteiger partial charge in [0.25, 0.3) is 0 Å². The summed E-state index contributed by atoms with van der Waals surface area (Å²) in [6.07, 6.45) is -4.79. The summed E-state index contributed by atoms with van der Waals surface area (Å²) in [7, 11) is -2.64. The molecule has 0 aliphatic heterocycles. The summed E-state index contributed by atoms with van der Waals surface area (Å²) in [5, 5.41) is -0.851. The molecule has 23 heavy (non-hydrogen) atoms. The highest BCUT2D eigenvalue weighted by Crippen LogP contribution is 2.34. The number of benzene rings is 1. The van der Waals surface area contributed by atoms with E-state index in [1.165, 1.54) is 20.1 Å². The fourth-order valence-corrected chi connectivity index (χ4v) is 2.57. The van der Waals surface area contributed by atoms with Crippen LogP contribution in [0.4, 0.5) is 13.2 Å². The predicted octanol–water partition coefficient (Wildman–Crippen LogP) is 2.96. The minimum atomic E-state index is -4.79. The lowest BCUT2D eigenvalue weighted by Crippen LogP contribution is -2.16. The SMILES string of the molecule is CCS(=O)(=O)c1nc(-c2ccccc2OC)cc(C(F)(F)F)n1. The number of methoxy groups -OCH3 is 1. The Hall–Kier alpha value is -2.16. The Labute approximate surface area is 131 Å². The number of ether oxygens (including phenoxy) is 1. The second-order valence-corrected chi connectivity index (χ2v) is 6.69. The molecule has 2 rings (SSSR count). The Morgan fingerprint density at radius 1 is 1.17 bits per heavy atom. The summed E-state index contributed by atoms with van der Waals surface area (Å²) >= 11 is 0. The predicted molar refractivity (Wildman–Crippen MR) is 76.7 cm³/mol. The standard InChI is InChI=1S/C14H13F3N2O3S/c1-3-23(20,21)13-18-10(8-12(19-13)14(15,16)17)9-6-4-5-7-11(9)22-2/h4-8H,3H2,1-2H3. The maximum absolute atomic E-state index is 13.0. The molecular formula is C14H13F3N2O3S. The van der Waals surface area contributed by atoms with E-state index in [0.29, 0.717) is 6.07 Å². The van der Waals surface area contributed by atoms with Gasteiger partial charge in [0, 0.05) is 5.56 Å². The van der Waals surface area contributed by atoms with E-state index in [1.54, 1.807) is 18.2 Å². The lowest BCUT2D eigenvalue weighted by molar-refractivity contribution is -0.141. The quantitative estimate of drug-likeness (QED) is 0.796. The van der Waals surface area contributed by atoms with E-state index in [2.05, 4.69) is 9.97 Å². The van der Waals surface area contributed by atoms with Gasteiger partial charge in [-0.05, 0) is 18.2 Å². The highest BCUT2D eigenvalue weighted by molar-refractivity contribution is 7.91. The molecule has 0 aliphatic carbocycles. The average molecular weight is 346 g/mol. The summed E-state index contributed by atoms with van der Waals surface area (Å²) in [5.41, 5.74) is -1.24. The molecule has 124 valence electrons. The lowest BCUT2D eigenvalue weighted by Gasteiger charge is -2.12. The molecule has 1 heterocycles. The number of sulfone groups is 1. The van der Waals surface area contributed by atoms with Crippen molar-refractivity contribution in [1.29, 1.82) is 0 Å². The number of aromatic nitrogens is 2. The van der Waals surface area contributed by atoms with Gasteiger partial charge in [-0.15, -0.1) is 0 Å². The zero-order chi connectivity index (χ0) is 17.3. The number of para-hydroxylation sites is 1. The van der Waals surface area contributed by atoms with E-state index in [-0.39, 0.29) is 17.0 Å². The number of hydrogen-bond donors (Lipinski definition) is 0. The van der Waals surface area contributed by atoms with E-state index in [1.807, 2.05) is 0 Å². The van der Waals surface area contributed by atoms with E-state index >= 15 is 0 Å². The molecule has 0 bridgehead atoms. The first-order valence-electron chi connectivity index (χ1n) is 6.51. The van der Waals surface area contributed by atoms with Crippen molar-refractivity contribution in [1.82, 2.24) is 9.97 Å². The third-order valence-electron chi connectivity index (χ3n) is 3.04. The molecule has 0 fully saturated rings. The van der Waals surface area contributed by atoms with Gasteiger partial charge in [-0.3, -0.25) is 0 Å². The smallest absolute Gasteiger partial charge is 0.433 e. The summed E-state index contributed by atoms with van der Waals surface area (Å²) in [4.78, 5) is 6.95. The van der Waals surface area contributed by atoms with Crippen molar-refractivity contribution >= 4 is 9.84 Å². The van der Waals surface area contributed by atoms with Crippen LogP contribution in [0.15, 0.2) is 35.5 Å². The molecular weight excluding hydrogens is 333 g/mol. The zero-order valence-corrected chi connectivity index (χ0v) is 13.1. The Bertz CT molecular complexity index is 820. The molecule has 1 aromatic carbocycles. The van der Waals surface area contributed by atoms with Crippen LogP contribution in [0, 0.1) is 0 Å². The van der Waals surface area contributed by atoms with Crippen molar-refractivity contribution in [2.75, 3.05) is 12.9 Å². The molecule has 0 spiro atoms. The maximum atomic E-state index is 13.0. The van der Waals surface area contributed by atoms with Crippen molar-refractivity contribution in [3.63, 3.8) is 0 Å². The Kier molecular flexibility index (Phi) is 4.60. The highest BCUT2D eigenvalue weighted by atomic mass is 32.2. The van der Waals surface area contributed by atoms with Crippen LogP contribution in [0.3, 0.4) is 0 Å². The van der Waals surface area contributed by atoms with Crippen molar-refractivity contribution in [2.45, 2.75) is 18.3 Å². The van der Waals surface area contributed by atoms with Crippen LogP contribution in [0.5, 0.6) is 5.75 Å². The second-order valence-electron chi connectivity index (χ2n) is 4.52. The monoisotopic (exact) mass is 346 g/mol. The second kappa shape index (κ2) is 6.15. The molecule has 0 radical (unpaired) electrons. The molecule has 0 saturated heterocycles. The first-order chi connectivity index (χ1) is 10.7. The van der Waals surface area contributed by atoms with Gasteiger partial charge in [0.05, 0.1) is 18.6 Å². The highest BCUT2D eigenvalue weighted by Gasteiger charge is 2.35. The number of alkyl halides is 3. The number of halogens is 3. The van der Waals surface area contributed by atoms with Gasteiger partial charge in [0.15, 0.2) is 0 Å². The van der Waals surface area contributed by atoms with E-state index < -0.39 is 32.6 Å². The number of nitrogens with zero attached hydrogens (tertiary/aromatic N) is 2. The van der Waals surface area contributed by atoms with Crippen molar-refractivity contribution in [3.05, 3.63) is 36.0 Å². The van der Waals surface area contributed by atoms with Gasteiger partial charge >= 0.3 is 6.18 Å². The molecule has 9 heteroatoms. The minimum Gasteiger partial charge on any atom is -0.496 e. The Balaban J connectivity index is 2.76. The van der Waals surface area contributed by atoms with Crippen LogP contribution >= 0.6 is 0 Å². The fourth-order valence-electron chi connectivity index (χ4n) is 1.83. The largest absolute Gasteiger partial charge is 0.496 e. The van der Waals surface area contributed by atoms with Crippen LogP contribution < -0.4 is 4.74 Å². The fraction of sp³-hybridized carbons (Fsp3) is 0.286. The summed E-state index contributed by atoms with van der Waals surface area (Å²) in [5.74, 6) is -0.126. The Morgan fingerprint density at radius 3 is 2.39 bits per heavy atom. The van der Waals surface area contributed by atoms with Crippen LogP contribution in [-0.4, -0.2) is 31.2 Å². The van der Waals surface area contributed by atoms with E-state index in [4.69, 9.17) is 4.74 Å². The minimum absolute atomic E-state index is 0.170. The van der Waals surface area contributed by atoms with Gasteiger partial charge in [-0.1, -0.05) is 19.1 Å². The van der Waals surface area contributed by atoms with Gasteiger partial charge in [-0.25, -0.2) is 18.4 Å². The molecule has 0 N–H and O–H groups in total. The zero-order valence-electron chi connectivity index (χ0n) is 12.3. The molecule has 5 nitrogen and oxygen atoms in total. The van der Waals surface area contributed by atoms with Gasteiger partial charge in [0.2, 0.25) is 15.0 Å². The van der Waals surface area contributed by atoms with Crippen molar-refractivity contribution in [3.8, 4) is 17.0 Å². The molecule has 0 atom stereocenters. The molecule has 1 aromatic heterocycles. The first kappa shape index (κ1) is 17.2. The molecule has 0 unspecified atom stereocenters. The van der Waals surface area contributed by atoms with Crippen LogP contribution in [0.25, 0.3) is 11.3 Å². The third kappa shape index (κ3) is 3.61. The van der Waals surface area contributed by atoms with E-state index in [9.17, 15) is 21.6 Å². The van der Waals surface area contributed by atoms with Crippen LogP contribution in [0.2, 0.25) is 0 Å². The number of hydrogen-bond acceptors (Lipinski definition) is 5. The Morgan fingerprint density at radius 2 is 1.83 bits per heavy atom. The van der Waals surface area contributed by atoms with Crippen molar-refractivity contribution < 1.29 is 26.3 Å². The van der Waals surface area contributed by atoms with Crippen LogP contribution in [-0.2, 0) is 16.0 Å². The summed E-state index contributed by atoms with van der Waals surface area (Å²) < 4.78 is 67.9. The molecule has 0 saturated carbocycles. The summed E-state index contributed by atoms with van der Waals surface area (Å²) in [6.45, 7) is 1.31. The van der Waals surface area contributed by atoms with Gasteiger partial charge < -0.3 is 4.74 Å². The van der Waals surface area contributed by atoms with Crippen molar-refractivity contribution in [2.24, 2.45) is 0 Å². The maximum Gasteiger partial charge on any atom is 0.433 e.